The van der Waals surface area contributed by atoms with Gasteiger partial charge in [-0.3, -0.25) is 4.79 Å². The number of aromatic nitrogens is 2. The maximum Gasteiger partial charge on any atom is 0.268 e. The quantitative estimate of drug-likeness (QED) is 0.834. The van der Waals surface area contributed by atoms with Crippen molar-refractivity contribution in [3.05, 3.63) is 44.7 Å². The highest BCUT2D eigenvalue weighted by atomic mass is 79.9. The summed E-state index contributed by atoms with van der Waals surface area (Å²) in [6.45, 7) is 1.72. The third kappa shape index (κ3) is 2.35. The molecular weight excluding hydrogens is 305 g/mol. The Hall–Kier alpha value is -1.89. The zero-order chi connectivity index (χ0) is 13.3. The van der Waals surface area contributed by atoms with Crippen LogP contribution in [-0.4, -0.2) is 9.97 Å². The first-order valence-electron chi connectivity index (χ1n) is 4.95. The number of halogens is 2. The number of rotatable bonds is 2. The van der Waals surface area contributed by atoms with Crippen molar-refractivity contribution in [3.8, 4) is 11.6 Å². The fraction of sp³-hybridized carbons (Fsp3) is 0.0909. The van der Waals surface area contributed by atoms with Crippen LogP contribution in [0.4, 0.5) is 10.1 Å². The van der Waals surface area contributed by atoms with Crippen molar-refractivity contribution < 1.29 is 9.13 Å². The average Bonchev–Trinajstić information content (AvgIpc) is 2.32. The number of H-pyrrole nitrogens is 1. The Bertz CT molecular complexity index is 657. The van der Waals surface area contributed by atoms with Crippen molar-refractivity contribution in [1.29, 1.82) is 0 Å². The minimum Gasteiger partial charge on any atom is -0.435 e. The number of anilines is 1. The van der Waals surface area contributed by atoms with E-state index >= 15 is 0 Å². The van der Waals surface area contributed by atoms with Gasteiger partial charge in [-0.2, -0.15) is 0 Å². The van der Waals surface area contributed by atoms with Gasteiger partial charge < -0.3 is 15.5 Å². The zero-order valence-electron chi connectivity index (χ0n) is 9.33. The van der Waals surface area contributed by atoms with E-state index < -0.39 is 11.4 Å². The molecule has 3 N–H and O–H groups in total. The monoisotopic (exact) mass is 313 g/mol. The van der Waals surface area contributed by atoms with Crippen LogP contribution in [-0.2, 0) is 0 Å². The Morgan fingerprint density at radius 2 is 2.22 bits per heavy atom. The molecule has 0 atom stereocenters. The third-order valence-corrected chi connectivity index (χ3v) is 2.99. The van der Waals surface area contributed by atoms with Crippen molar-refractivity contribution in [3.63, 3.8) is 0 Å². The fourth-order valence-corrected chi connectivity index (χ4v) is 1.59. The Labute approximate surface area is 110 Å². The number of aryl methyl sites for hydroxylation is 1. The lowest BCUT2D eigenvalue weighted by molar-refractivity contribution is 0.423. The van der Waals surface area contributed by atoms with Gasteiger partial charge in [-0.25, -0.2) is 9.37 Å². The second-order valence-electron chi connectivity index (χ2n) is 3.59. The molecule has 94 valence electrons. The average molecular weight is 314 g/mol. The van der Waals surface area contributed by atoms with E-state index in [4.69, 9.17) is 10.5 Å². The molecule has 0 fully saturated rings. The van der Waals surface area contributed by atoms with Gasteiger partial charge >= 0.3 is 0 Å². The van der Waals surface area contributed by atoms with E-state index in [9.17, 15) is 9.18 Å². The third-order valence-electron chi connectivity index (χ3n) is 2.29. The van der Waals surface area contributed by atoms with Gasteiger partial charge in [0.05, 0.1) is 6.33 Å². The van der Waals surface area contributed by atoms with Crippen LogP contribution in [0.25, 0.3) is 0 Å². The van der Waals surface area contributed by atoms with Gasteiger partial charge in [-0.05, 0) is 34.5 Å². The predicted molar refractivity (Wildman–Crippen MR) is 68.2 cm³/mol. The molecule has 2 aromatic rings. The topological polar surface area (TPSA) is 81.0 Å². The van der Waals surface area contributed by atoms with E-state index in [1.165, 1.54) is 12.4 Å². The van der Waals surface area contributed by atoms with Crippen molar-refractivity contribution in [1.82, 2.24) is 9.97 Å². The minimum absolute atomic E-state index is 0.0122. The molecule has 5 nitrogen and oxygen atoms in total. The maximum atomic E-state index is 13.6. The maximum absolute atomic E-state index is 13.6. The van der Waals surface area contributed by atoms with E-state index in [-0.39, 0.29) is 16.1 Å². The number of nitrogen functional groups attached to an aromatic ring is 1. The molecule has 0 spiro atoms. The molecule has 0 bridgehead atoms. The van der Waals surface area contributed by atoms with Crippen LogP contribution in [0.2, 0.25) is 0 Å². The molecule has 0 amide bonds. The number of aromatic amines is 1. The van der Waals surface area contributed by atoms with Crippen molar-refractivity contribution in [2.24, 2.45) is 0 Å². The summed E-state index contributed by atoms with van der Waals surface area (Å²) >= 11 is 3.02. The van der Waals surface area contributed by atoms with Gasteiger partial charge in [0, 0.05) is 11.8 Å². The van der Waals surface area contributed by atoms with Crippen molar-refractivity contribution in [2.45, 2.75) is 6.92 Å². The first kappa shape index (κ1) is 12.6. The lowest BCUT2D eigenvalue weighted by atomic mass is 10.2. The lowest BCUT2D eigenvalue weighted by Gasteiger charge is -2.09. The predicted octanol–water partition coefficient (Wildman–Crippen LogP) is 2.35. The number of nitrogens with zero attached hydrogens (tertiary/aromatic N) is 1. The molecule has 1 aromatic carbocycles. The van der Waals surface area contributed by atoms with Crippen LogP contribution in [0.1, 0.15) is 5.56 Å². The highest BCUT2D eigenvalue weighted by Gasteiger charge is 2.12. The Balaban J connectivity index is 2.43. The normalized spacial score (nSPS) is 10.4. The smallest absolute Gasteiger partial charge is 0.268 e. The largest absolute Gasteiger partial charge is 0.435 e. The van der Waals surface area contributed by atoms with Crippen LogP contribution >= 0.6 is 15.9 Å². The summed E-state index contributed by atoms with van der Waals surface area (Å²) in [6.07, 6.45) is 1.17. The fourth-order valence-electron chi connectivity index (χ4n) is 1.29. The Kier molecular flexibility index (Phi) is 3.33. The van der Waals surface area contributed by atoms with Crippen LogP contribution in [0, 0.1) is 12.7 Å². The summed E-state index contributed by atoms with van der Waals surface area (Å²) in [5, 5.41) is 0. The number of nitrogens with two attached hydrogens (primary N) is 1. The zero-order valence-corrected chi connectivity index (χ0v) is 10.9. The van der Waals surface area contributed by atoms with Crippen LogP contribution in [0.15, 0.2) is 27.7 Å². The molecule has 0 unspecified atom stereocenters. The number of nitrogens with one attached hydrogen (secondary N) is 1. The number of ether oxygens (including phenoxy) is 1. The van der Waals surface area contributed by atoms with Gasteiger partial charge in [0.15, 0.2) is 11.6 Å². The van der Waals surface area contributed by atoms with Crippen molar-refractivity contribution >= 4 is 21.6 Å². The van der Waals surface area contributed by atoms with E-state index in [1.807, 2.05) is 0 Å². The molecule has 0 saturated heterocycles. The molecule has 7 heteroatoms. The standard InChI is InChI=1S/C11H9BrFN3O2/c1-5-2-8(6(13)3-7(5)14)18-11-9(12)10(17)15-4-16-11/h2-4H,14H2,1H3,(H,15,16,17). The van der Waals surface area contributed by atoms with Crippen LogP contribution in [0.5, 0.6) is 11.6 Å². The van der Waals surface area contributed by atoms with Gasteiger partial charge in [-0.15, -0.1) is 0 Å². The molecule has 18 heavy (non-hydrogen) atoms. The summed E-state index contributed by atoms with van der Waals surface area (Å²) in [4.78, 5) is 17.5. The van der Waals surface area contributed by atoms with Gasteiger partial charge in [0.1, 0.15) is 4.47 Å². The number of hydrogen-bond acceptors (Lipinski definition) is 4. The molecule has 0 radical (unpaired) electrons. The molecule has 0 aliphatic carbocycles. The first-order valence-corrected chi connectivity index (χ1v) is 5.75. The van der Waals surface area contributed by atoms with E-state index in [0.29, 0.717) is 11.3 Å². The number of hydrogen-bond donors (Lipinski definition) is 2. The van der Waals surface area contributed by atoms with E-state index in [0.717, 1.165) is 6.07 Å². The molecule has 0 saturated carbocycles. The minimum atomic E-state index is -0.618. The van der Waals surface area contributed by atoms with Crippen LogP contribution < -0.4 is 16.0 Å². The highest BCUT2D eigenvalue weighted by Crippen LogP contribution is 2.29. The van der Waals surface area contributed by atoms with Gasteiger partial charge in [-0.1, -0.05) is 0 Å². The molecule has 2 rings (SSSR count). The lowest BCUT2D eigenvalue weighted by Crippen LogP contribution is -2.08. The SMILES string of the molecule is Cc1cc(Oc2nc[nH]c(=O)c2Br)c(F)cc1N. The number of benzene rings is 1. The Morgan fingerprint density at radius 1 is 1.50 bits per heavy atom. The van der Waals surface area contributed by atoms with Gasteiger partial charge in [0.25, 0.3) is 5.56 Å². The van der Waals surface area contributed by atoms with Crippen molar-refractivity contribution in [2.75, 3.05) is 5.73 Å². The molecule has 1 aromatic heterocycles. The highest BCUT2D eigenvalue weighted by molar-refractivity contribution is 9.10. The summed E-state index contributed by atoms with van der Waals surface area (Å²) < 4.78 is 19.0. The molecular formula is C11H9BrFN3O2. The second kappa shape index (κ2) is 4.77. The van der Waals surface area contributed by atoms with Gasteiger partial charge in [0.2, 0.25) is 5.88 Å². The summed E-state index contributed by atoms with van der Waals surface area (Å²) in [6, 6.07) is 2.60. The van der Waals surface area contributed by atoms with E-state index in [1.54, 1.807) is 6.92 Å². The second-order valence-corrected chi connectivity index (χ2v) is 4.39. The molecule has 0 aliphatic heterocycles. The van der Waals surface area contributed by atoms with E-state index in [2.05, 4.69) is 25.9 Å². The summed E-state index contributed by atoms with van der Waals surface area (Å²) in [5.41, 5.74) is 6.16. The van der Waals surface area contributed by atoms with Crippen LogP contribution in [0.3, 0.4) is 0 Å². The first-order chi connectivity index (χ1) is 8.49. The molecule has 1 heterocycles. The molecule has 0 aliphatic rings. The Morgan fingerprint density at radius 3 is 2.94 bits per heavy atom. The summed E-state index contributed by atoms with van der Waals surface area (Å²) in [5.74, 6) is -0.672. The summed E-state index contributed by atoms with van der Waals surface area (Å²) in [7, 11) is 0.